The van der Waals surface area contributed by atoms with Crippen LogP contribution in [-0.4, -0.2) is 44.2 Å². The van der Waals surface area contributed by atoms with E-state index in [-0.39, 0.29) is 11.9 Å². The number of carbonyl (C=O) groups excluding carboxylic acids is 1. The Kier molecular flexibility index (Phi) is 6.30. The Balaban J connectivity index is 1.64. The highest BCUT2D eigenvalue weighted by Crippen LogP contribution is 2.47. The van der Waals surface area contributed by atoms with Gasteiger partial charge in [-0.25, -0.2) is 0 Å². The lowest BCUT2D eigenvalue weighted by molar-refractivity contribution is 0.0235. The normalized spacial score (nSPS) is 17.5. The topological polar surface area (TPSA) is 63.9 Å². The van der Waals surface area contributed by atoms with Crippen molar-refractivity contribution in [1.29, 1.82) is 0 Å². The number of amides is 1. The van der Waals surface area contributed by atoms with E-state index in [1.807, 2.05) is 12.1 Å². The molecule has 1 aliphatic heterocycles. The summed E-state index contributed by atoms with van der Waals surface area (Å²) in [5, 5.41) is 4.10. The Morgan fingerprint density at radius 2 is 1.94 bits per heavy atom. The van der Waals surface area contributed by atoms with Gasteiger partial charge in [0.2, 0.25) is 0 Å². The first-order valence-corrected chi connectivity index (χ1v) is 12.0. The predicted octanol–water partition coefficient (Wildman–Crippen LogP) is 4.90. The van der Waals surface area contributed by atoms with E-state index in [1.165, 1.54) is 35.1 Å². The Hall–Kier alpha value is -2.61. The number of ether oxygens (including phenoxy) is 2. The van der Waals surface area contributed by atoms with Gasteiger partial charge in [-0.3, -0.25) is 9.69 Å². The molecule has 3 heterocycles. The van der Waals surface area contributed by atoms with E-state index in [1.54, 1.807) is 30.6 Å². The molecule has 1 saturated heterocycles. The second kappa shape index (κ2) is 9.48. The third kappa shape index (κ3) is 4.08. The zero-order valence-corrected chi connectivity index (χ0v) is 19.1. The summed E-state index contributed by atoms with van der Waals surface area (Å²) in [6.45, 7) is 3.07. The van der Waals surface area contributed by atoms with Crippen molar-refractivity contribution < 1.29 is 18.7 Å². The number of benzene rings is 1. The number of carbonyl (C=O) groups is 1. The van der Waals surface area contributed by atoms with Crippen molar-refractivity contribution >= 4 is 22.2 Å². The van der Waals surface area contributed by atoms with Crippen LogP contribution in [-0.2, 0) is 17.6 Å². The van der Waals surface area contributed by atoms with Crippen LogP contribution < -0.4 is 10.1 Å². The van der Waals surface area contributed by atoms with Crippen LogP contribution in [0, 0.1) is 0 Å². The van der Waals surface area contributed by atoms with Crippen molar-refractivity contribution in [3.8, 4) is 5.75 Å². The molecule has 1 N–H and O–H groups in total. The number of nitrogens with one attached hydrogen (secondary N) is 1. The van der Waals surface area contributed by atoms with Crippen LogP contribution in [0.5, 0.6) is 5.75 Å². The van der Waals surface area contributed by atoms with E-state index in [9.17, 15) is 4.79 Å². The molecule has 2 aromatic heterocycles. The number of thiophene rings is 1. The number of rotatable bonds is 6. The summed E-state index contributed by atoms with van der Waals surface area (Å²) < 4.78 is 16.8. The van der Waals surface area contributed by atoms with Gasteiger partial charge in [-0.1, -0.05) is 18.2 Å². The minimum atomic E-state index is -0.212. The van der Waals surface area contributed by atoms with Gasteiger partial charge in [0.15, 0.2) is 5.76 Å². The summed E-state index contributed by atoms with van der Waals surface area (Å²) in [6, 6.07) is 11.6. The van der Waals surface area contributed by atoms with E-state index in [0.717, 1.165) is 42.2 Å². The summed E-state index contributed by atoms with van der Waals surface area (Å²) >= 11 is 1.72. The minimum absolute atomic E-state index is 0.0138. The van der Waals surface area contributed by atoms with Crippen molar-refractivity contribution in [1.82, 2.24) is 4.90 Å². The first kappa shape index (κ1) is 21.2. The van der Waals surface area contributed by atoms with Crippen molar-refractivity contribution in [2.45, 2.75) is 31.7 Å². The highest BCUT2D eigenvalue weighted by Gasteiger charge is 2.34. The van der Waals surface area contributed by atoms with Gasteiger partial charge in [-0.2, -0.15) is 0 Å². The number of hydrogen-bond acceptors (Lipinski definition) is 6. The van der Waals surface area contributed by atoms with Crippen molar-refractivity contribution in [2.24, 2.45) is 0 Å². The molecular formula is C25H28N2O4S. The second-order valence-corrected chi connectivity index (χ2v) is 9.28. The zero-order valence-electron chi connectivity index (χ0n) is 18.3. The number of aryl methyl sites for hydroxylation is 1. The molecule has 1 atom stereocenters. The van der Waals surface area contributed by atoms with Crippen LogP contribution in [0.25, 0.3) is 0 Å². The molecule has 0 bridgehead atoms. The third-order valence-corrected chi connectivity index (χ3v) is 7.53. The largest absolute Gasteiger partial charge is 0.496 e. The van der Waals surface area contributed by atoms with E-state index >= 15 is 0 Å². The molecule has 0 saturated carbocycles. The number of hydrogen-bond donors (Lipinski definition) is 1. The Labute approximate surface area is 192 Å². The lowest BCUT2D eigenvalue weighted by Gasteiger charge is -2.36. The monoisotopic (exact) mass is 452 g/mol. The van der Waals surface area contributed by atoms with Gasteiger partial charge in [0.25, 0.3) is 5.91 Å². The number of nitrogens with zero attached hydrogens (tertiary/aromatic N) is 1. The average Bonchev–Trinajstić information content (AvgIpc) is 3.49. The number of morpholine rings is 1. The summed E-state index contributed by atoms with van der Waals surface area (Å²) in [7, 11) is 1.72. The van der Waals surface area contributed by atoms with Gasteiger partial charge < -0.3 is 19.2 Å². The Morgan fingerprint density at radius 3 is 2.72 bits per heavy atom. The highest BCUT2D eigenvalue weighted by molar-refractivity contribution is 7.16. The standard InChI is InChI=1S/C25H28N2O4S/c1-29-19-9-4-2-7-17(19)23(27-12-15-30-16-13-27)22-18-8-3-5-11-21(18)32-25(22)26-24(28)20-10-6-14-31-20/h2,4,6-7,9-10,14,23H,3,5,8,11-13,15-16H2,1H3,(H,26,28)/t23-/m1/s1. The lowest BCUT2D eigenvalue weighted by Crippen LogP contribution is -2.40. The predicted molar refractivity (Wildman–Crippen MR) is 125 cm³/mol. The van der Waals surface area contributed by atoms with Gasteiger partial charge >= 0.3 is 0 Å². The van der Waals surface area contributed by atoms with Crippen LogP contribution in [0.2, 0.25) is 0 Å². The van der Waals surface area contributed by atoms with Crippen LogP contribution in [0.4, 0.5) is 5.00 Å². The SMILES string of the molecule is COc1ccccc1[C@H](c1c(NC(=O)c2ccco2)sc2c1CCCC2)N1CCOCC1. The first-order valence-electron chi connectivity index (χ1n) is 11.2. The van der Waals surface area contributed by atoms with E-state index in [4.69, 9.17) is 13.9 Å². The molecule has 1 amide bonds. The number of anilines is 1. The van der Waals surface area contributed by atoms with E-state index in [2.05, 4.69) is 22.3 Å². The average molecular weight is 453 g/mol. The molecule has 32 heavy (non-hydrogen) atoms. The van der Waals surface area contributed by atoms with Gasteiger partial charge in [-0.15, -0.1) is 11.3 Å². The molecule has 6 nitrogen and oxygen atoms in total. The molecule has 0 unspecified atom stereocenters. The van der Waals surface area contributed by atoms with Crippen molar-refractivity contribution in [3.05, 3.63) is 70.0 Å². The molecule has 168 valence electrons. The van der Waals surface area contributed by atoms with Gasteiger partial charge in [0, 0.05) is 29.1 Å². The molecule has 1 aliphatic carbocycles. The van der Waals surface area contributed by atoms with Gasteiger partial charge in [0.1, 0.15) is 10.8 Å². The van der Waals surface area contributed by atoms with Gasteiger partial charge in [0.05, 0.1) is 32.6 Å². The fourth-order valence-corrected chi connectivity index (χ4v) is 6.12. The number of furan rings is 1. The van der Waals surface area contributed by atoms with Gasteiger partial charge in [-0.05, 0) is 49.4 Å². The fourth-order valence-electron chi connectivity index (χ4n) is 4.81. The summed E-state index contributed by atoms with van der Waals surface area (Å²) in [6.07, 6.45) is 5.99. The number of para-hydroxylation sites is 1. The zero-order chi connectivity index (χ0) is 21.9. The maximum atomic E-state index is 12.9. The molecule has 3 aromatic rings. The minimum Gasteiger partial charge on any atom is -0.496 e. The molecule has 1 fully saturated rings. The van der Waals surface area contributed by atoms with E-state index in [0.29, 0.717) is 19.0 Å². The fraction of sp³-hybridized carbons (Fsp3) is 0.400. The maximum Gasteiger partial charge on any atom is 0.291 e. The molecule has 2 aliphatic rings. The quantitative estimate of drug-likeness (QED) is 0.576. The molecule has 1 aromatic carbocycles. The van der Waals surface area contributed by atoms with Crippen LogP contribution in [0.15, 0.2) is 47.1 Å². The molecule has 7 heteroatoms. The number of fused-ring (bicyclic) bond motifs is 1. The summed E-state index contributed by atoms with van der Waals surface area (Å²) in [5.74, 6) is 0.973. The van der Waals surface area contributed by atoms with Crippen molar-refractivity contribution in [3.63, 3.8) is 0 Å². The number of methoxy groups -OCH3 is 1. The maximum absolute atomic E-state index is 12.9. The van der Waals surface area contributed by atoms with Crippen LogP contribution >= 0.6 is 11.3 Å². The van der Waals surface area contributed by atoms with Crippen molar-refractivity contribution in [2.75, 3.05) is 38.7 Å². The second-order valence-electron chi connectivity index (χ2n) is 8.18. The highest BCUT2D eigenvalue weighted by atomic mass is 32.1. The van der Waals surface area contributed by atoms with Crippen LogP contribution in [0.1, 0.15) is 51.0 Å². The van der Waals surface area contributed by atoms with E-state index < -0.39 is 0 Å². The first-order chi connectivity index (χ1) is 15.8. The summed E-state index contributed by atoms with van der Waals surface area (Å²) in [4.78, 5) is 16.8. The molecular weight excluding hydrogens is 424 g/mol. The Morgan fingerprint density at radius 1 is 1.12 bits per heavy atom. The van der Waals surface area contributed by atoms with Crippen LogP contribution in [0.3, 0.4) is 0 Å². The molecule has 0 spiro atoms. The molecule has 5 rings (SSSR count). The smallest absolute Gasteiger partial charge is 0.291 e. The Bertz CT molecular complexity index is 1070. The molecule has 0 radical (unpaired) electrons. The summed E-state index contributed by atoms with van der Waals surface area (Å²) in [5.41, 5.74) is 3.71. The lowest BCUT2D eigenvalue weighted by atomic mass is 9.88. The third-order valence-electron chi connectivity index (χ3n) is 6.30.